The van der Waals surface area contributed by atoms with Gasteiger partial charge in [-0.25, -0.2) is 9.48 Å². The van der Waals surface area contributed by atoms with Crippen LogP contribution >= 0.6 is 11.9 Å². The molecule has 0 atom stereocenters. The van der Waals surface area contributed by atoms with Crippen LogP contribution in [0.1, 0.15) is 21.7 Å². The number of methoxy groups -OCH3 is 1. The molecule has 3 aromatic rings. The predicted molar refractivity (Wildman–Crippen MR) is 98.8 cm³/mol. The summed E-state index contributed by atoms with van der Waals surface area (Å²) >= 11 is 1.60. The highest BCUT2D eigenvalue weighted by atomic mass is 32.2. The summed E-state index contributed by atoms with van der Waals surface area (Å²) in [5.41, 5.74) is 3.17. The number of esters is 1. The van der Waals surface area contributed by atoms with E-state index in [0.717, 1.165) is 23.5 Å². The molecule has 0 spiro atoms. The second kappa shape index (κ2) is 8.00. The van der Waals surface area contributed by atoms with Crippen molar-refractivity contribution in [1.29, 1.82) is 0 Å². The lowest BCUT2D eigenvalue weighted by molar-refractivity contribution is 0.0590. The molecule has 3 rings (SSSR count). The Morgan fingerprint density at radius 3 is 2.56 bits per heavy atom. The van der Waals surface area contributed by atoms with Crippen molar-refractivity contribution < 1.29 is 9.53 Å². The molecule has 0 fully saturated rings. The number of aryl methyl sites for hydroxylation is 1. The van der Waals surface area contributed by atoms with Gasteiger partial charge in [0, 0.05) is 11.4 Å². The zero-order valence-corrected chi connectivity index (χ0v) is 14.9. The number of rotatable bonds is 6. The summed E-state index contributed by atoms with van der Waals surface area (Å²) in [5, 5.41) is 4.38. The number of hydrogen-bond acceptors (Lipinski definition) is 5. The Balaban J connectivity index is 1.67. The van der Waals surface area contributed by atoms with Gasteiger partial charge in [-0.1, -0.05) is 30.3 Å². The first-order chi connectivity index (χ1) is 12.2. The van der Waals surface area contributed by atoms with Crippen molar-refractivity contribution >= 4 is 17.9 Å². The van der Waals surface area contributed by atoms with E-state index >= 15 is 0 Å². The number of hydrogen-bond donors (Lipinski definition) is 1. The van der Waals surface area contributed by atoms with Gasteiger partial charge in [-0.05, 0) is 54.8 Å². The molecule has 0 unspecified atom stereocenters. The fourth-order valence-electron chi connectivity index (χ4n) is 2.39. The third kappa shape index (κ3) is 4.29. The Bertz CT molecular complexity index is 845. The second-order valence-corrected chi connectivity index (χ2v) is 6.44. The van der Waals surface area contributed by atoms with E-state index in [1.54, 1.807) is 22.7 Å². The molecule has 5 nitrogen and oxygen atoms in total. The molecule has 1 heterocycles. The monoisotopic (exact) mass is 353 g/mol. The molecule has 25 heavy (non-hydrogen) atoms. The van der Waals surface area contributed by atoms with Crippen LogP contribution in [0.2, 0.25) is 0 Å². The van der Waals surface area contributed by atoms with Crippen molar-refractivity contribution in [3.63, 3.8) is 0 Å². The summed E-state index contributed by atoms with van der Waals surface area (Å²) in [6.07, 6.45) is 0. The Hall–Kier alpha value is -2.57. The van der Waals surface area contributed by atoms with Crippen LogP contribution in [-0.2, 0) is 11.3 Å². The fourth-order valence-corrected chi connectivity index (χ4v) is 3.09. The van der Waals surface area contributed by atoms with Crippen molar-refractivity contribution in [3.8, 4) is 5.69 Å². The molecule has 0 aliphatic heterocycles. The quantitative estimate of drug-likeness (QED) is 0.540. The normalized spacial score (nSPS) is 10.6. The van der Waals surface area contributed by atoms with E-state index in [-0.39, 0.29) is 0 Å². The molecule has 0 aliphatic carbocycles. The summed E-state index contributed by atoms with van der Waals surface area (Å²) in [5.74, 6) is -0.398. The van der Waals surface area contributed by atoms with Gasteiger partial charge in [0.1, 0.15) is 0 Å². The highest BCUT2D eigenvalue weighted by Gasteiger charge is 2.15. The Kier molecular flexibility index (Phi) is 5.53. The minimum Gasteiger partial charge on any atom is -0.464 e. The summed E-state index contributed by atoms with van der Waals surface area (Å²) in [7, 11) is 1.37. The van der Waals surface area contributed by atoms with Gasteiger partial charge < -0.3 is 4.74 Å². The van der Waals surface area contributed by atoms with Crippen LogP contribution < -0.4 is 4.72 Å². The predicted octanol–water partition coefficient (Wildman–Crippen LogP) is 3.76. The number of aromatic nitrogens is 2. The number of carbonyl (C=O) groups excluding carboxylic acids is 1. The van der Waals surface area contributed by atoms with Crippen LogP contribution in [0.5, 0.6) is 0 Å². The molecule has 6 heteroatoms. The molecule has 0 bridgehead atoms. The lowest BCUT2D eigenvalue weighted by Crippen LogP contribution is -2.10. The maximum absolute atomic E-state index is 11.9. The molecule has 0 radical (unpaired) electrons. The van der Waals surface area contributed by atoms with E-state index < -0.39 is 5.97 Å². The highest BCUT2D eigenvalue weighted by Crippen LogP contribution is 2.17. The highest BCUT2D eigenvalue weighted by molar-refractivity contribution is 7.97. The molecule has 0 saturated heterocycles. The summed E-state index contributed by atoms with van der Waals surface area (Å²) in [4.78, 5) is 13.0. The topological polar surface area (TPSA) is 56.1 Å². The largest absolute Gasteiger partial charge is 0.464 e. The third-order valence-electron chi connectivity index (χ3n) is 3.62. The zero-order chi connectivity index (χ0) is 17.6. The van der Waals surface area contributed by atoms with Gasteiger partial charge in [0.15, 0.2) is 5.69 Å². The van der Waals surface area contributed by atoms with E-state index in [0.29, 0.717) is 5.69 Å². The van der Waals surface area contributed by atoms with Crippen LogP contribution in [0, 0.1) is 6.92 Å². The zero-order valence-electron chi connectivity index (χ0n) is 14.1. The summed E-state index contributed by atoms with van der Waals surface area (Å²) < 4.78 is 9.77. The number of carbonyl (C=O) groups is 1. The smallest absolute Gasteiger partial charge is 0.356 e. The summed E-state index contributed by atoms with van der Waals surface area (Å²) in [6.45, 7) is 2.59. The number of ether oxygens (including phenoxy) is 1. The first kappa shape index (κ1) is 17.3. The SMILES string of the molecule is COC(=O)c1cc(C)nn1-c1ccc(CNSc2ccccc2)cc1. The molecule has 0 aliphatic rings. The molecule has 1 N–H and O–H groups in total. The maximum atomic E-state index is 11.9. The van der Waals surface area contributed by atoms with Crippen molar-refractivity contribution in [2.45, 2.75) is 18.4 Å². The van der Waals surface area contributed by atoms with Gasteiger partial charge in [0.05, 0.1) is 18.5 Å². The molecule has 0 amide bonds. The summed E-state index contributed by atoms with van der Waals surface area (Å²) in [6, 6.07) is 19.8. The fraction of sp³-hybridized carbons (Fsp3) is 0.158. The van der Waals surface area contributed by atoms with Crippen LogP contribution in [0.4, 0.5) is 0 Å². The van der Waals surface area contributed by atoms with Crippen LogP contribution in [0.25, 0.3) is 5.69 Å². The number of benzene rings is 2. The van der Waals surface area contributed by atoms with Crippen LogP contribution in [0.3, 0.4) is 0 Å². The van der Waals surface area contributed by atoms with E-state index in [2.05, 4.69) is 22.0 Å². The second-order valence-electron chi connectivity index (χ2n) is 5.48. The average Bonchev–Trinajstić information content (AvgIpc) is 3.04. The standard InChI is InChI=1S/C19H19N3O2S/c1-14-12-18(19(23)24-2)22(21-14)16-10-8-15(9-11-16)13-20-25-17-6-4-3-5-7-17/h3-12,20H,13H2,1-2H3. The van der Waals surface area contributed by atoms with Gasteiger partial charge in [0.2, 0.25) is 0 Å². The molecular weight excluding hydrogens is 334 g/mol. The van der Waals surface area contributed by atoms with Crippen molar-refractivity contribution in [2.24, 2.45) is 0 Å². The third-order valence-corrected chi connectivity index (χ3v) is 4.41. The van der Waals surface area contributed by atoms with E-state index in [4.69, 9.17) is 4.74 Å². The minimum absolute atomic E-state index is 0.398. The van der Waals surface area contributed by atoms with Crippen LogP contribution in [0.15, 0.2) is 65.6 Å². The van der Waals surface area contributed by atoms with Crippen LogP contribution in [-0.4, -0.2) is 22.9 Å². The first-order valence-electron chi connectivity index (χ1n) is 7.86. The van der Waals surface area contributed by atoms with Crippen molar-refractivity contribution in [1.82, 2.24) is 14.5 Å². The van der Waals surface area contributed by atoms with Gasteiger partial charge in [-0.2, -0.15) is 5.10 Å². The Labute approximate surface area is 151 Å². The molecular formula is C19H19N3O2S. The average molecular weight is 353 g/mol. The Morgan fingerprint density at radius 1 is 1.16 bits per heavy atom. The lowest BCUT2D eigenvalue weighted by atomic mass is 10.2. The minimum atomic E-state index is -0.398. The molecule has 128 valence electrons. The maximum Gasteiger partial charge on any atom is 0.356 e. The van der Waals surface area contributed by atoms with Gasteiger partial charge >= 0.3 is 5.97 Å². The Morgan fingerprint density at radius 2 is 1.88 bits per heavy atom. The van der Waals surface area contributed by atoms with E-state index in [9.17, 15) is 4.79 Å². The van der Waals surface area contributed by atoms with E-state index in [1.165, 1.54) is 12.0 Å². The van der Waals surface area contributed by atoms with Crippen molar-refractivity contribution in [3.05, 3.63) is 77.6 Å². The first-order valence-corrected chi connectivity index (χ1v) is 8.68. The van der Waals surface area contributed by atoms with Gasteiger partial charge in [-0.15, -0.1) is 0 Å². The molecule has 1 aromatic heterocycles. The number of nitrogens with zero attached hydrogens (tertiary/aromatic N) is 2. The lowest BCUT2D eigenvalue weighted by Gasteiger charge is -2.08. The van der Waals surface area contributed by atoms with Gasteiger partial charge in [-0.3, -0.25) is 4.72 Å². The van der Waals surface area contributed by atoms with Gasteiger partial charge in [0.25, 0.3) is 0 Å². The molecule has 2 aromatic carbocycles. The number of nitrogens with one attached hydrogen (secondary N) is 1. The van der Waals surface area contributed by atoms with E-state index in [1.807, 2.05) is 49.4 Å². The van der Waals surface area contributed by atoms with Crippen molar-refractivity contribution in [2.75, 3.05) is 7.11 Å². The molecule has 0 saturated carbocycles.